The summed E-state index contributed by atoms with van der Waals surface area (Å²) >= 11 is 4.11. The van der Waals surface area contributed by atoms with Crippen LogP contribution in [0.1, 0.15) is 16.7 Å². The van der Waals surface area contributed by atoms with E-state index in [1.807, 2.05) is 6.08 Å². The molecule has 0 nitrogen and oxygen atoms in total. The van der Waals surface area contributed by atoms with E-state index in [-0.39, 0.29) is 0 Å². The van der Waals surface area contributed by atoms with Gasteiger partial charge in [0, 0.05) is 5.75 Å². The molecule has 0 radical (unpaired) electrons. The molecule has 1 aromatic carbocycles. The fourth-order valence-corrected chi connectivity index (χ4v) is 1.16. The molecule has 0 aliphatic carbocycles. The molecular weight excluding hydrogens is 164 g/mol. The van der Waals surface area contributed by atoms with Gasteiger partial charge in [-0.2, -0.15) is 12.6 Å². The Morgan fingerprint density at radius 3 is 2.58 bits per heavy atom. The van der Waals surface area contributed by atoms with Gasteiger partial charge in [0.2, 0.25) is 0 Å². The predicted octanol–water partition coefficient (Wildman–Crippen LogP) is 3.25. The maximum atomic E-state index is 4.11. The van der Waals surface area contributed by atoms with Crippen LogP contribution in [-0.4, -0.2) is 5.75 Å². The van der Waals surface area contributed by atoms with Gasteiger partial charge < -0.3 is 0 Å². The van der Waals surface area contributed by atoms with Gasteiger partial charge >= 0.3 is 0 Å². The van der Waals surface area contributed by atoms with E-state index in [0.717, 1.165) is 5.75 Å². The van der Waals surface area contributed by atoms with Gasteiger partial charge in [-0.15, -0.1) is 0 Å². The Morgan fingerprint density at radius 2 is 2.00 bits per heavy atom. The second-order valence-corrected chi connectivity index (χ2v) is 3.29. The van der Waals surface area contributed by atoms with Crippen molar-refractivity contribution < 1.29 is 0 Å². The Kier molecular flexibility index (Phi) is 3.42. The first-order chi connectivity index (χ1) is 5.74. The summed E-state index contributed by atoms with van der Waals surface area (Å²) in [7, 11) is 0. The molecule has 0 aromatic heterocycles. The fourth-order valence-electron chi connectivity index (χ4n) is 1.06. The standard InChI is InChI=1S/C11H14S/c1-9-5-6-11(4-3-7-12)8-10(9)2/h3-6,8,12H,7H2,1-2H3. The molecule has 0 spiro atoms. The molecule has 0 saturated heterocycles. The second kappa shape index (κ2) is 4.36. The molecule has 64 valence electrons. The molecule has 0 amide bonds. The van der Waals surface area contributed by atoms with Crippen LogP contribution in [0.25, 0.3) is 6.08 Å². The first-order valence-corrected chi connectivity index (χ1v) is 4.72. The summed E-state index contributed by atoms with van der Waals surface area (Å²) in [6.07, 6.45) is 4.15. The maximum absolute atomic E-state index is 4.11. The van der Waals surface area contributed by atoms with Gasteiger partial charge in [-0.1, -0.05) is 30.4 Å². The summed E-state index contributed by atoms with van der Waals surface area (Å²) in [6, 6.07) is 6.46. The van der Waals surface area contributed by atoms with Crippen molar-refractivity contribution in [2.24, 2.45) is 0 Å². The van der Waals surface area contributed by atoms with Crippen LogP contribution in [0.2, 0.25) is 0 Å². The van der Waals surface area contributed by atoms with Crippen LogP contribution in [0.15, 0.2) is 24.3 Å². The molecule has 0 aliphatic rings. The summed E-state index contributed by atoms with van der Waals surface area (Å²) < 4.78 is 0. The van der Waals surface area contributed by atoms with Crippen LogP contribution in [-0.2, 0) is 0 Å². The number of benzene rings is 1. The second-order valence-electron chi connectivity index (χ2n) is 2.93. The lowest BCUT2D eigenvalue weighted by Gasteiger charge is -2.00. The summed E-state index contributed by atoms with van der Waals surface area (Å²) in [4.78, 5) is 0. The molecule has 1 heteroatoms. The van der Waals surface area contributed by atoms with E-state index >= 15 is 0 Å². The zero-order valence-corrected chi connectivity index (χ0v) is 8.44. The van der Waals surface area contributed by atoms with E-state index in [1.54, 1.807) is 0 Å². The normalized spacial score (nSPS) is 10.9. The summed E-state index contributed by atoms with van der Waals surface area (Å²) in [5.74, 6) is 0.799. The van der Waals surface area contributed by atoms with E-state index < -0.39 is 0 Å². The van der Waals surface area contributed by atoms with Crippen molar-refractivity contribution in [3.8, 4) is 0 Å². The highest BCUT2D eigenvalue weighted by Crippen LogP contribution is 2.10. The highest BCUT2D eigenvalue weighted by Gasteiger charge is 1.91. The smallest absolute Gasteiger partial charge is 0.00858 e. The number of hydrogen-bond acceptors (Lipinski definition) is 1. The quantitative estimate of drug-likeness (QED) is 0.660. The number of rotatable bonds is 2. The first kappa shape index (κ1) is 9.40. The molecule has 0 unspecified atom stereocenters. The Bertz CT molecular complexity index is 287. The third-order valence-corrected chi connectivity index (χ3v) is 2.16. The van der Waals surface area contributed by atoms with Gasteiger partial charge in [0.25, 0.3) is 0 Å². The van der Waals surface area contributed by atoms with Crippen molar-refractivity contribution in [2.45, 2.75) is 13.8 Å². The monoisotopic (exact) mass is 178 g/mol. The SMILES string of the molecule is Cc1ccc(C=CCS)cc1C. The molecule has 0 atom stereocenters. The average molecular weight is 178 g/mol. The van der Waals surface area contributed by atoms with Crippen LogP contribution < -0.4 is 0 Å². The molecule has 1 rings (SSSR count). The van der Waals surface area contributed by atoms with E-state index in [4.69, 9.17) is 0 Å². The molecule has 0 bridgehead atoms. The van der Waals surface area contributed by atoms with Crippen LogP contribution >= 0.6 is 12.6 Å². The van der Waals surface area contributed by atoms with Crippen LogP contribution in [0, 0.1) is 13.8 Å². The Balaban J connectivity index is 2.89. The van der Waals surface area contributed by atoms with Gasteiger partial charge in [0.15, 0.2) is 0 Å². The van der Waals surface area contributed by atoms with Crippen LogP contribution in [0.5, 0.6) is 0 Å². The lowest BCUT2D eigenvalue weighted by molar-refractivity contribution is 1.33. The third kappa shape index (κ3) is 2.42. The molecule has 0 N–H and O–H groups in total. The number of hydrogen-bond donors (Lipinski definition) is 1. The van der Waals surface area contributed by atoms with Gasteiger partial charge in [-0.05, 0) is 30.5 Å². The number of aryl methyl sites for hydroxylation is 2. The van der Waals surface area contributed by atoms with Crippen molar-refractivity contribution in [1.29, 1.82) is 0 Å². The summed E-state index contributed by atoms with van der Waals surface area (Å²) in [5, 5.41) is 0. The van der Waals surface area contributed by atoms with Gasteiger partial charge in [0.05, 0.1) is 0 Å². The molecular formula is C11H14S. The Labute approximate surface area is 79.7 Å². The van der Waals surface area contributed by atoms with E-state index in [0.29, 0.717) is 0 Å². The summed E-state index contributed by atoms with van der Waals surface area (Å²) in [6.45, 7) is 4.26. The molecule has 12 heavy (non-hydrogen) atoms. The average Bonchev–Trinajstić information content (AvgIpc) is 2.07. The maximum Gasteiger partial charge on any atom is 0.00858 e. The molecule has 0 fully saturated rings. The van der Waals surface area contributed by atoms with Crippen molar-refractivity contribution in [2.75, 3.05) is 5.75 Å². The Morgan fingerprint density at radius 1 is 1.25 bits per heavy atom. The van der Waals surface area contributed by atoms with Gasteiger partial charge in [-0.3, -0.25) is 0 Å². The highest BCUT2D eigenvalue weighted by atomic mass is 32.1. The first-order valence-electron chi connectivity index (χ1n) is 4.08. The van der Waals surface area contributed by atoms with Crippen LogP contribution in [0.4, 0.5) is 0 Å². The zero-order valence-electron chi connectivity index (χ0n) is 7.54. The lowest BCUT2D eigenvalue weighted by atomic mass is 10.1. The molecule has 1 aromatic rings. The van der Waals surface area contributed by atoms with Gasteiger partial charge in [0.1, 0.15) is 0 Å². The predicted molar refractivity (Wildman–Crippen MR) is 58.8 cm³/mol. The highest BCUT2D eigenvalue weighted by molar-refractivity contribution is 7.80. The Hall–Kier alpha value is -0.690. The van der Waals surface area contributed by atoms with Crippen LogP contribution in [0.3, 0.4) is 0 Å². The fraction of sp³-hybridized carbons (Fsp3) is 0.273. The largest absolute Gasteiger partial charge is 0.175 e. The molecule has 0 heterocycles. The van der Waals surface area contributed by atoms with Gasteiger partial charge in [-0.25, -0.2) is 0 Å². The topological polar surface area (TPSA) is 0 Å². The van der Waals surface area contributed by atoms with Crippen molar-refractivity contribution in [1.82, 2.24) is 0 Å². The summed E-state index contributed by atoms with van der Waals surface area (Å²) in [5.41, 5.74) is 3.95. The van der Waals surface area contributed by atoms with Crippen molar-refractivity contribution in [3.63, 3.8) is 0 Å². The molecule has 0 saturated carbocycles. The van der Waals surface area contributed by atoms with E-state index in [2.05, 4.69) is 50.8 Å². The van der Waals surface area contributed by atoms with E-state index in [9.17, 15) is 0 Å². The van der Waals surface area contributed by atoms with E-state index in [1.165, 1.54) is 16.7 Å². The lowest BCUT2D eigenvalue weighted by Crippen LogP contribution is -1.81. The van der Waals surface area contributed by atoms with Crippen molar-refractivity contribution >= 4 is 18.7 Å². The minimum absolute atomic E-state index is 0.799. The number of thiol groups is 1. The molecule has 0 aliphatic heterocycles. The van der Waals surface area contributed by atoms with Crippen molar-refractivity contribution in [3.05, 3.63) is 41.0 Å². The third-order valence-electron chi connectivity index (χ3n) is 1.95. The minimum Gasteiger partial charge on any atom is -0.175 e. The zero-order chi connectivity index (χ0) is 8.97. The minimum atomic E-state index is 0.799.